The maximum absolute atomic E-state index is 2.17. The van der Waals surface area contributed by atoms with Crippen molar-refractivity contribution in [3.63, 3.8) is 0 Å². The fourth-order valence-corrected chi connectivity index (χ4v) is 6.67. The van der Waals surface area contributed by atoms with Gasteiger partial charge < -0.3 is 0 Å². The molecule has 0 amide bonds. The van der Waals surface area contributed by atoms with Gasteiger partial charge in [0.2, 0.25) is 0 Å². The van der Waals surface area contributed by atoms with Crippen molar-refractivity contribution >= 4 is 43.2 Å². The number of hydrogen-bond acceptors (Lipinski definition) is 4. The van der Waals surface area contributed by atoms with Crippen LogP contribution in [0.3, 0.4) is 0 Å². The van der Waals surface area contributed by atoms with Crippen LogP contribution >= 0.6 is 43.2 Å². The zero-order valence-electron chi connectivity index (χ0n) is 10.1. The molecule has 0 nitrogen and oxygen atoms in total. The molecule has 0 unspecified atom stereocenters. The summed E-state index contributed by atoms with van der Waals surface area (Å²) in [5.74, 6) is 5.49. The van der Waals surface area contributed by atoms with Gasteiger partial charge in [0.05, 0.1) is 0 Å². The van der Waals surface area contributed by atoms with E-state index in [0.717, 1.165) is 0 Å². The fraction of sp³-hybridized carbons (Fsp3) is 1.00. The van der Waals surface area contributed by atoms with Gasteiger partial charge in [0, 0.05) is 11.5 Å². The topological polar surface area (TPSA) is 0 Å². The summed E-state index contributed by atoms with van der Waals surface area (Å²) < 4.78 is 0. The van der Waals surface area contributed by atoms with Crippen molar-refractivity contribution in [1.29, 1.82) is 0 Å². The fourth-order valence-electron chi connectivity index (χ4n) is 1.64. The highest BCUT2D eigenvalue weighted by atomic mass is 33.5. The Morgan fingerprint density at radius 3 is 1.56 bits per heavy atom. The summed E-state index contributed by atoms with van der Waals surface area (Å²) in [6.07, 6.45) is 11.5. The van der Waals surface area contributed by atoms with E-state index in [1.165, 1.54) is 74.4 Å². The molecule has 0 aromatic carbocycles. The van der Waals surface area contributed by atoms with Crippen molar-refractivity contribution in [2.45, 2.75) is 51.4 Å². The highest BCUT2D eigenvalue weighted by Gasteiger charge is 1.97. The zero-order valence-corrected chi connectivity index (χ0v) is 13.4. The highest BCUT2D eigenvalue weighted by Crippen LogP contribution is 2.35. The van der Waals surface area contributed by atoms with E-state index in [9.17, 15) is 0 Å². The molecule has 96 valence electrons. The lowest BCUT2D eigenvalue weighted by Crippen LogP contribution is -1.88. The standard InChI is InChI=1S/C12H24S4/c1-2-4-6-11-14-16-15-12-8-7-10-13-9-5-3-1/h1-12H2. The average Bonchev–Trinajstić information content (AvgIpc) is 2.29. The monoisotopic (exact) mass is 296 g/mol. The first-order chi connectivity index (χ1) is 8.00. The molecule has 1 aliphatic rings. The van der Waals surface area contributed by atoms with Gasteiger partial charge in [0.15, 0.2) is 0 Å². The molecule has 1 rings (SSSR count). The third-order valence-electron chi connectivity index (χ3n) is 2.63. The molecule has 1 saturated heterocycles. The van der Waals surface area contributed by atoms with Crippen molar-refractivity contribution in [3.8, 4) is 0 Å². The van der Waals surface area contributed by atoms with Crippen LogP contribution in [0, 0.1) is 0 Å². The second-order valence-electron chi connectivity index (χ2n) is 4.15. The quantitative estimate of drug-likeness (QED) is 0.511. The van der Waals surface area contributed by atoms with E-state index in [0.29, 0.717) is 0 Å². The van der Waals surface area contributed by atoms with Gasteiger partial charge in [0.25, 0.3) is 0 Å². The Labute approximate surface area is 117 Å². The predicted molar refractivity (Wildman–Crippen MR) is 86.8 cm³/mol. The summed E-state index contributed by atoms with van der Waals surface area (Å²) >= 11 is 2.17. The Balaban J connectivity index is 2.00. The van der Waals surface area contributed by atoms with E-state index in [-0.39, 0.29) is 0 Å². The van der Waals surface area contributed by atoms with E-state index >= 15 is 0 Å². The predicted octanol–water partition coefficient (Wildman–Crippen LogP) is 5.88. The van der Waals surface area contributed by atoms with Gasteiger partial charge in [0.1, 0.15) is 0 Å². The molecule has 1 heterocycles. The minimum Gasteiger partial charge on any atom is -0.162 e. The zero-order chi connectivity index (χ0) is 11.3. The van der Waals surface area contributed by atoms with Crippen LogP contribution in [0.4, 0.5) is 0 Å². The molecule has 0 spiro atoms. The van der Waals surface area contributed by atoms with E-state index in [1.54, 1.807) is 0 Å². The molecule has 0 aliphatic carbocycles. The van der Waals surface area contributed by atoms with Crippen LogP contribution in [-0.2, 0) is 0 Å². The third kappa shape index (κ3) is 10.5. The average molecular weight is 297 g/mol. The van der Waals surface area contributed by atoms with Crippen LogP contribution in [0.15, 0.2) is 0 Å². The van der Waals surface area contributed by atoms with Gasteiger partial charge in [-0.2, -0.15) is 11.8 Å². The second-order valence-corrected chi connectivity index (χ2v) is 9.85. The number of thioether (sulfide) groups is 1. The van der Waals surface area contributed by atoms with Crippen LogP contribution < -0.4 is 0 Å². The lowest BCUT2D eigenvalue weighted by atomic mass is 10.1. The molecule has 0 N–H and O–H groups in total. The van der Waals surface area contributed by atoms with Crippen molar-refractivity contribution in [2.75, 3.05) is 23.0 Å². The first-order valence-electron chi connectivity index (χ1n) is 6.49. The Hall–Kier alpha value is 1.40. The lowest BCUT2D eigenvalue weighted by molar-refractivity contribution is 0.629. The Morgan fingerprint density at radius 2 is 0.875 bits per heavy atom. The Bertz CT molecular complexity index is 77.0. The molecule has 0 saturated carbocycles. The molecule has 4 heteroatoms. The third-order valence-corrected chi connectivity index (χ3v) is 8.20. The first kappa shape index (κ1) is 15.5. The minimum atomic E-state index is 1.35. The van der Waals surface area contributed by atoms with Crippen LogP contribution in [0.1, 0.15) is 51.4 Å². The summed E-state index contributed by atoms with van der Waals surface area (Å²) in [5, 5.41) is 0. The smallest absolute Gasteiger partial charge is 0.00454 e. The second kappa shape index (κ2) is 12.8. The van der Waals surface area contributed by atoms with Gasteiger partial charge >= 0.3 is 0 Å². The molecule has 0 bridgehead atoms. The number of hydrogen-bond donors (Lipinski definition) is 0. The Morgan fingerprint density at radius 1 is 0.438 bits per heavy atom. The molecule has 0 aromatic heterocycles. The summed E-state index contributed by atoms with van der Waals surface area (Å²) in [4.78, 5) is 0. The maximum Gasteiger partial charge on any atom is 0.00454 e. The summed E-state index contributed by atoms with van der Waals surface area (Å²) in [6.45, 7) is 0. The van der Waals surface area contributed by atoms with Gasteiger partial charge in [-0.05, 0) is 47.0 Å². The normalized spacial score (nSPS) is 24.0. The SMILES string of the molecule is C1CCCCSSSCCCCSCCC1. The lowest BCUT2D eigenvalue weighted by Gasteiger charge is -2.05. The molecular formula is C12H24S4. The van der Waals surface area contributed by atoms with Gasteiger partial charge in [-0.15, -0.1) is 0 Å². The summed E-state index contributed by atoms with van der Waals surface area (Å²) in [7, 11) is 6.14. The minimum absolute atomic E-state index is 1.35. The molecule has 16 heavy (non-hydrogen) atoms. The van der Waals surface area contributed by atoms with Crippen molar-refractivity contribution < 1.29 is 0 Å². The highest BCUT2D eigenvalue weighted by molar-refractivity contribution is 9.09. The summed E-state index contributed by atoms with van der Waals surface area (Å²) in [5.41, 5.74) is 0. The largest absolute Gasteiger partial charge is 0.162 e. The van der Waals surface area contributed by atoms with Gasteiger partial charge in [-0.25, -0.2) is 0 Å². The van der Waals surface area contributed by atoms with Crippen LogP contribution in [-0.4, -0.2) is 23.0 Å². The van der Waals surface area contributed by atoms with Crippen molar-refractivity contribution in [2.24, 2.45) is 0 Å². The maximum atomic E-state index is 2.17. The van der Waals surface area contributed by atoms with Gasteiger partial charge in [-0.3, -0.25) is 0 Å². The first-order valence-corrected chi connectivity index (χ1v) is 11.5. The van der Waals surface area contributed by atoms with Crippen LogP contribution in [0.25, 0.3) is 0 Å². The molecule has 1 fully saturated rings. The van der Waals surface area contributed by atoms with Crippen molar-refractivity contribution in [3.05, 3.63) is 0 Å². The van der Waals surface area contributed by atoms with Crippen LogP contribution in [0.5, 0.6) is 0 Å². The van der Waals surface area contributed by atoms with Crippen molar-refractivity contribution in [1.82, 2.24) is 0 Å². The van der Waals surface area contributed by atoms with Gasteiger partial charge in [-0.1, -0.05) is 47.3 Å². The molecular weight excluding hydrogens is 272 g/mol. The van der Waals surface area contributed by atoms with Crippen LogP contribution in [0.2, 0.25) is 0 Å². The molecule has 0 radical (unpaired) electrons. The summed E-state index contributed by atoms with van der Waals surface area (Å²) in [6, 6.07) is 0. The Kier molecular flexibility index (Phi) is 12.4. The number of rotatable bonds is 0. The van der Waals surface area contributed by atoms with E-state index in [2.05, 4.69) is 33.3 Å². The molecule has 0 aromatic rings. The molecule has 0 atom stereocenters. The van der Waals surface area contributed by atoms with E-state index < -0.39 is 0 Å². The van der Waals surface area contributed by atoms with E-state index in [4.69, 9.17) is 0 Å². The molecule has 1 aliphatic heterocycles. The van der Waals surface area contributed by atoms with E-state index in [1.807, 2.05) is 9.83 Å².